The maximum Gasteiger partial charge on any atom is 0.166 e. The molecule has 2 heterocycles. The van der Waals surface area contributed by atoms with E-state index in [1.807, 2.05) is 12.1 Å². The van der Waals surface area contributed by atoms with Gasteiger partial charge in [-0.25, -0.2) is 0 Å². The molecule has 0 radical (unpaired) electrons. The summed E-state index contributed by atoms with van der Waals surface area (Å²) in [5.41, 5.74) is 1.10. The van der Waals surface area contributed by atoms with Crippen molar-refractivity contribution in [3.63, 3.8) is 0 Å². The minimum atomic E-state index is 0.0800. The van der Waals surface area contributed by atoms with Gasteiger partial charge in [-0.05, 0) is 12.5 Å². The predicted molar refractivity (Wildman–Crippen MR) is 63.6 cm³/mol. The fraction of sp³-hybridized carbons (Fsp3) is 0.538. The third-order valence-corrected chi connectivity index (χ3v) is 3.38. The standard InChI is InChI=1S/C13H17NO3/c1-15-11-4-2-3-9-12-10(14-6-8-17-12)5-7-16-13(9)11/h2-4,10,12,14H,5-8H2,1H3/t10-,12-/m0/s1. The van der Waals surface area contributed by atoms with E-state index in [-0.39, 0.29) is 6.10 Å². The third kappa shape index (κ3) is 1.87. The molecular formula is C13H17NO3. The summed E-state index contributed by atoms with van der Waals surface area (Å²) in [6, 6.07) is 6.32. The number of hydrogen-bond donors (Lipinski definition) is 1. The van der Waals surface area contributed by atoms with E-state index in [2.05, 4.69) is 11.4 Å². The summed E-state index contributed by atoms with van der Waals surface area (Å²) < 4.78 is 17.1. The van der Waals surface area contributed by atoms with E-state index < -0.39 is 0 Å². The second-order valence-electron chi connectivity index (χ2n) is 4.37. The molecule has 1 fully saturated rings. The van der Waals surface area contributed by atoms with E-state index in [9.17, 15) is 0 Å². The van der Waals surface area contributed by atoms with Crippen molar-refractivity contribution in [3.8, 4) is 11.5 Å². The Morgan fingerprint density at radius 1 is 1.35 bits per heavy atom. The molecule has 2 atom stereocenters. The molecule has 1 aromatic rings. The van der Waals surface area contributed by atoms with Crippen molar-refractivity contribution in [1.82, 2.24) is 5.32 Å². The van der Waals surface area contributed by atoms with Crippen LogP contribution in [0.25, 0.3) is 0 Å². The van der Waals surface area contributed by atoms with Crippen LogP contribution in [0.1, 0.15) is 18.1 Å². The van der Waals surface area contributed by atoms with Crippen molar-refractivity contribution in [2.75, 3.05) is 26.9 Å². The first-order valence-electron chi connectivity index (χ1n) is 6.05. The van der Waals surface area contributed by atoms with E-state index in [1.165, 1.54) is 0 Å². The fourth-order valence-corrected chi connectivity index (χ4v) is 2.57. The molecule has 2 aliphatic rings. The van der Waals surface area contributed by atoms with Gasteiger partial charge in [0, 0.05) is 18.2 Å². The SMILES string of the molecule is COc1cccc2c1OCC[C@@H]1NCCO[C@@H]21. The molecule has 3 rings (SSSR count). The number of morpholine rings is 1. The molecule has 1 N–H and O–H groups in total. The van der Waals surface area contributed by atoms with Gasteiger partial charge in [0.2, 0.25) is 0 Å². The van der Waals surface area contributed by atoms with Crippen LogP contribution < -0.4 is 14.8 Å². The third-order valence-electron chi connectivity index (χ3n) is 3.38. The number of rotatable bonds is 1. The summed E-state index contributed by atoms with van der Waals surface area (Å²) in [6.45, 7) is 2.36. The highest BCUT2D eigenvalue weighted by Gasteiger charge is 2.32. The molecule has 4 heteroatoms. The van der Waals surface area contributed by atoms with Crippen molar-refractivity contribution in [3.05, 3.63) is 23.8 Å². The van der Waals surface area contributed by atoms with Crippen LogP contribution in [0.3, 0.4) is 0 Å². The number of fused-ring (bicyclic) bond motifs is 3. The highest BCUT2D eigenvalue weighted by Crippen LogP contribution is 2.40. The Morgan fingerprint density at radius 2 is 2.29 bits per heavy atom. The fourth-order valence-electron chi connectivity index (χ4n) is 2.57. The first kappa shape index (κ1) is 10.9. The molecule has 17 heavy (non-hydrogen) atoms. The van der Waals surface area contributed by atoms with Gasteiger partial charge >= 0.3 is 0 Å². The van der Waals surface area contributed by atoms with E-state index in [1.54, 1.807) is 7.11 Å². The van der Waals surface area contributed by atoms with Crippen LogP contribution in [-0.2, 0) is 4.74 Å². The van der Waals surface area contributed by atoms with Crippen molar-refractivity contribution >= 4 is 0 Å². The Kier molecular flexibility index (Phi) is 2.91. The molecule has 0 spiro atoms. The smallest absolute Gasteiger partial charge is 0.166 e. The summed E-state index contributed by atoms with van der Waals surface area (Å²) in [6.07, 6.45) is 1.04. The first-order chi connectivity index (χ1) is 8.40. The van der Waals surface area contributed by atoms with Gasteiger partial charge in [-0.15, -0.1) is 0 Å². The lowest BCUT2D eigenvalue weighted by molar-refractivity contribution is -0.00587. The van der Waals surface area contributed by atoms with Crippen LogP contribution in [0.5, 0.6) is 11.5 Å². The van der Waals surface area contributed by atoms with E-state index in [4.69, 9.17) is 14.2 Å². The lowest BCUT2D eigenvalue weighted by Crippen LogP contribution is -2.43. The number of benzene rings is 1. The summed E-state index contributed by atoms with van der Waals surface area (Å²) in [5, 5.41) is 3.49. The van der Waals surface area contributed by atoms with Gasteiger partial charge < -0.3 is 19.5 Å². The molecular weight excluding hydrogens is 218 g/mol. The van der Waals surface area contributed by atoms with E-state index in [0.717, 1.165) is 36.6 Å². The van der Waals surface area contributed by atoms with Crippen LogP contribution in [0.4, 0.5) is 0 Å². The number of nitrogens with one attached hydrogen (secondary N) is 1. The van der Waals surface area contributed by atoms with Gasteiger partial charge in [-0.3, -0.25) is 0 Å². The van der Waals surface area contributed by atoms with Crippen LogP contribution in [-0.4, -0.2) is 32.9 Å². The van der Waals surface area contributed by atoms with Gasteiger partial charge in [0.15, 0.2) is 11.5 Å². The zero-order valence-corrected chi connectivity index (χ0v) is 9.94. The van der Waals surface area contributed by atoms with Gasteiger partial charge in [0.05, 0.1) is 20.3 Å². The molecule has 2 aliphatic heterocycles. The van der Waals surface area contributed by atoms with Crippen LogP contribution >= 0.6 is 0 Å². The lowest BCUT2D eigenvalue weighted by Gasteiger charge is -2.31. The second-order valence-corrected chi connectivity index (χ2v) is 4.37. The predicted octanol–water partition coefficient (Wildman–Crippen LogP) is 1.51. The second kappa shape index (κ2) is 4.55. The van der Waals surface area contributed by atoms with E-state index >= 15 is 0 Å². The van der Waals surface area contributed by atoms with Crippen LogP contribution in [0, 0.1) is 0 Å². The van der Waals surface area contributed by atoms with Gasteiger partial charge in [0.1, 0.15) is 6.10 Å². The van der Waals surface area contributed by atoms with Crippen molar-refractivity contribution < 1.29 is 14.2 Å². The normalized spacial score (nSPS) is 27.4. The maximum atomic E-state index is 5.89. The lowest BCUT2D eigenvalue weighted by atomic mass is 9.98. The Morgan fingerprint density at radius 3 is 3.18 bits per heavy atom. The minimum absolute atomic E-state index is 0.0800. The van der Waals surface area contributed by atoms with Crippen molar-refractivity contribution in [2.45, 2.75) is 18.6 Å². The number of methoxy groups -OCH3 is 1. The molecule has 4 nitrogen and oxygen atoms in total. The Bertz CT molecular complexity index is 408. The number of para-hydroxylation sites is 1. The van der Waals surface area contributed by atoms with Gasteiger partial charge in [-0.2, -0.15) is 0 Å². The van der Waals surface area contributed by atoms with Crippen molar-refractivity contribution in [1.29, 1.82) is 0 Å². The minimum Gasteiger partial charge on any atom is -0.493 e. The summed E-state index contributed by atoms with van der Waals surface area (Å²) >= 11 is 0. The zero-order chi connectivity index (χ0) is 11.7. The van der Waals surface area contributed by atoms with Gasteiger partial charge in [-0.1, -0.05) is 12.1 Å². The van der Waals surface area contributed by atoms with E-state index in [0.29, 0.717) is 12.6 Å². The molecule has 0 unspecified atom stereocenters. The molecule has 0 bridgehead atoms. The van der Waals surface area contributed by atoms with Crippen LogP contribution in [0.2, 0.25) is 0 Å². The zero-order valence-electron chi connectivity index (χ0n) is 9.94. The average Bonchev–Trinajstić information content (AvgIpc) is 2.58. The highest BCUT2D eigenvalue weighted by atomic mass is 16.5. The topological polar surface area (TPSA) is 39.7 Å². The molecule has 92 valence electrons. The number of hydrogen-bond acceptors (Lipinski definition) is 4. The highest BCUT2D eigenvalue weighted by molar-refractivity contribution is 5.48. The molecule has 0 saturated carbocycles. The molecule has 0 amide bonds. The monoisotopic (exact) mass is 235 g/mol. The molecule has 1 saturated heterocycles. The summed E-state index contributed by atoms with van der Waals surface area (Å²) in [7, 11) is 1.67. The molecule has 0 aromatic heterocycles. The Hall–Kier alpha value is -1.26. The van der Waals surface area contributed by atoms with Crippen molar-refractivity contribution in [2.24, 2.45) is 0 Å². The largest absolute Gasteiger partial charge is 0.493 e. The Balaban J connectivity index is 2.03. The first-order valence-corrected chi connectivity index (χ1v) is 6.05. The van der Waals surface area contributed by atoms with Crippen LogP contribution in [0.15, 0.2) is 18.2 Å². The van der Waals surface area contributed by atoms with Gasteiger partial charge in [0.25, 0.3) is 0 Å². The summed E-state index contributed by atoms with van der Waals surface area (Å²) in [4.78, 5) is 0. The molecule has 1 aromatic carbocycles. The average molecular weight is 235 g/mol. The quantitative estimate of drug-likeness (QED) is 0.801. The molecule has 0 aliphatic carbocycles. The summed E-state index contributed by atoms with van der Waals surface area (Å²) in [5.74, 6) is 1.63. The Labute approximate surface area is 101 Å². The number of ether oxygens (including phenoxy) is 3. The maximum absolute atomic E-state index is 5.89.